The number of anilines is 1. The molecule has 0 bridgehead atoms. The highest BCUT2D eigenvalue weighted by molar-refractivity contribution is 9.10. The molecule has 0 saturated heterocycles. The van der Waals surface area contributed by atoms with E-state index in [0.29, 0.717) is 11.6 Å². The summed E-state index contributed by atoms with van der Waals surface area (Å²) in [5.41, 5.74) is 4.15. The van der Waals surface area contributed by atoms with Crippen LogP contribution in [0.2, 0.25) is 5.02 Å². The van der Waals surface area contributed by atoms with Crippen LogP contribution in [-0.2, 0) is 13.2 Å². The number of rotatable bonds is 4. The Bertz CT molecular complexity index is 586. The van der Waals surface area contributed by atoms with Crippen molar-refractivity contribution in [2.24, 2.45) is 0 Å². The minimum absolute atomic E-state index is 0.00117. The number of hydrogen-bond donors (Lipinski definition) is 2. The molecule has 0 unspecified atom stereocenters. The van der Waals surface area contributed by atoms with E-state index in [1.807, 2.05) is 18.2 Å². The molecular formula is C15H15BrClNO. The van der Waals surface area contributed by atoms with Gasteiger partial charge in [0, 0.05) is 27.3 Å². The van der Waals surface area contributed by atoms with Gasteiger partial charge in [0.05, 0.1) is 6.61 Å². The van der Waals surface area contributed by atoms with Crippen LogP contribution in [-0.4, -0.2) is 5.11 Å². The van der Waals surface area contributed by atoms with Gasteiger partial charge in [-0.25, -0.2) is 0 Å². The summed E-state index contributed by atoms with van der Waals surface area (Å²) in [6.07, 6.45) is 0. The molecular weight excluding hydrogens is 326 g/mol. The van der Waals surface area contributed by atoms with Gasteiger partial charge in [0.1, 0.15) is 0 Å². The van der Waals surface area contributed by atoms with E-state index < -0.39 is 0 Å². The smallest absolute Gasteiger partial charge is 0.0701 e. The first-order chi connectivity index (χ1) is 9.10. The maximum absolute atomic E-state index is 9.31. The SMILES string of the molecule is Cc1cc(Br)ccc1CNc1cc(Cl)ccc1CO. The summed E-state index contributed by atoms with van der Waals surface area (Å²) in [5.74, 6) is 0. The number of aryl methyl sites for hydroxylation is 1. The highest BCUT2D eigenvalue weighted by Crippen LogP contribution is 2.23. The predicted octanol–water partition coefficient (Wildman–Crippen LogP) is 4.52. The maximum atomic E-state index is 9.31. The van der Waals surface area contributed by atoms with Gasteiger partial charge >= 0.3 is 0 Å². The molecule has 0 radical (unpaired) electrons. The van der Waals surface area contributed by atoms with Gasteiger partial charge in [-0.05, 0) is 42.3 Å². The summed E-state index contributed by atoms with van der Waals surface area (Å²) in [6.45, 7) is 2.78. The molecule has 2 rings (SSSR count). The number of nitrogens with one attached hydrogen (secondary N) is 1. The lowest BCUT2D eigenvalue weighted by molar-refractivity contribution is 0.282. The molecule has 0 saturated carbocycles. The van der Waals surface area contributed by atoms with Crippen LogP contribution in [0.5, 0.6) is 0 Å². The fraction of sp³-hybridized carbons (Fsp3) is 0.200. The molecule has 0 atom stereocenters. The van der Waals surface area contributed by atoms with E-state index >= 15 is 0 Å². The molecule has 2 N–H and O–H groups in total. The Labute approximate surface area is 126 Å². The van der Waals surface area contributed by atoms with Gasteiger partial charge < -0.3 is 10.4 Å². The van der Waals surface area contributed by atoms with E-state index in [9.17, 15) is 5.11 Å². The molecule has 2 aromatic carbocycles. The van der Waals surface area contributed by atoms with Crippen molar-refractivity contribution in [3.8, 4) is 0 Å². The Morgan fingerprint density at radius 1 is 1.16 bits per heavy atom. The number of aliphatic hydroxyl groups is 1. The van der Waals surface area contributed by atoms with Crippen LogP contribution in [0.4, 0.5) is 5.69 Å². The van der Waals surface area contributed by atoms with Crippen molar-refractivity contribution in [3.05, 3.63) is 62.6 Å². The monoisotopic (exact) mass is 339 g/mol. The second-order valence-electron chi connectivity index (χ2n) is 4.38. The Balaban J connectivity index is 2.16. The number of aliphatic hydroxyl groups excluding tert-OH is 1. The van der Waals surface area contributed by atoms with Crippen molar-refractivity contribution < 1.29 is 5.11 Å². The molecule has 0 aliphatic rings. The Hall–Kier alpha value is -1.03. The summed E-state index contributed by atoms with van der Waals surface area (Å²) >= 11 is 9.43. The Morgan fingerprint density at radius 2 is 1.89 bits per heavy atom. The van der Waals surface area contributed by atoms with Crippen LogP contribution < -0.4 is 5.32 Å². The molecule has 0 spiro atoms. The topological polar surface area (TPSA) is 32.3 Å². The summed E-state index contributed by atoms with van der Waals surface area (Å²) in [5, 5.41) is 13.3. The summed E-state index contributed by atoms with van der Waals surface area (Å²) in [4.78, 5) is 0. The lowest BCUT2D eigenvalue weighted by Crippen LogP contribution is -2.04. The van der Waals surface area contributed by atoms with Crippen molar-refractivity contribution in [2.75, 3.05) is 5.32 Å². The Morgan fingerprint density at radius 3 is 2.58 bits per heavy atom. The molecule has 0 aliphatic carbocycles. The first-order valence-electron chi connectivity index (χ1n) is 5.98. The highest BCUT2D eigenvalue weighted by atomic mass is 79.9. The minimum atomic E-state index is -0.00117. The number of hydrogen-bond acceptors (Lipinski definition) is 2. The van der Waals surface area contributed by atoms with Gasteiger partial charge in [-0.15, -0.1) is 0 Å². The van der Waals surface area contributed by atoms with Crippen LogP contribution in [0.3, 0.4) is 0 Å². The summed E-state index contributed by atoms with van der Waals surface area (Å²) in [6, 6.07) is 11.6. The largest absolute Gasteiger partial charge is 0.392 e. The van der Waals surface area contributed by atoms with Crippen LogP contribution in [0, 0.1) is 6.92 Å². The molecule has 0 aromatic heterocycles. The summed E-state index contributed by atoms with van der Waals surface area (Å²) in [7, 11) is 0. The Kier molecular flexibility index (Phi) is 4.86. The lowest BCUT2D eigenvalue weighted by Gasteiger charge is -2.13. The van der Waals surface area contributed by atoms with Gasteiger partial charge in [-0.3, -0.25) is 0 Å². The standard InChI is InChI=1S/C15H15BrClNO/c1-10-6-13(16)4-2-11(10)8-18-15-7-14(17)5-3-12(15)9-19/h2-7,18-19H,8-9H2,1H3. The van der Waals surface area contributed by atoms with E-state index in [1.165, 1.54) is 11.1 Å². The third kappa shape index (κ3) is 3.72. The van der Waals surface area contributed by atoms with Gasteiger partial charge in [0.25, 0.3) is 0 Å². The fourth-order valence-corrected chi connectivity index (χ4v) is 2.55. The second-order valence-corrected chi connectivity index (χ2v) is 5.74. The highest BCUT2D eigenvalue weighted by Gasteiger charge is 2.04. The molecule has 0 amide bonds. The maximum Gasteiger partial charge on any atom is 0.0701 e. The minimum Gasteiger partial charge on any atom is -0.392 e. The van der Waals surface area contributed by atoms with Gasteiger partial charge in [-0.1, -0.05) is 39.7 Å². The van der Waals surface area contributed by atoms with Crippen molar-refractivity contribution in [1.29, 1.82) is 0 Å². The van der Waals surface area contributed by atoms with Crippen LogP contribution in [0.1, 0.15) is 16.7 Å². The van der Waals surface area contributed by atoms with Crippen molar-refractivity contribution in [2.45, 2.75) is 20.1 Å². The third-order valence-corrected chi connectivity index (χ3v) is 3.74. The first kappa shape index (κ1) is 14.4. The predicted molar refractivity (Wildman–Crippen MR) is 83.6 cm³/mol. The zero-order valence-corrected chi connectivity index (χ0v) is 12.9. The van der Waals surface area contributed by atoms with E-state index in [1.54, 1.807) is 6.07 Å². The van der Waals surface area contributed by atoms with E-state index in [4.69, 9.17) is 11.6 Å². The molecule has 2 nitrogen and oxygen atoms in total. The first-order valence-corrected chi connectivity index (χ1v) is 7.15. The lowest BCUT2D eigenvalue weighted by atomic mass is 10.1. The van der Waals surface area contributed by atoms with Gasteiger partial charge in [0.15, 0.2) is 0 Å². The van der Waals surface area contributed by atoms with E-state index in [2.05, 4.69) is 40.3 Å². The quantitative estimate of drug-likeness (QED) is 0.858. The fourth-order valence-electron chi connectivity index (χ4n) is 1.90. The molecule has 19 heavy (non-hydrogen) atoms. The van der Waals surface area contributed by atoms with Crippen molar-refractivity contribution in [3.63, 3.8) is 0 Å². The van der Waals surface area contributed by atoms with E-state index in [0.717, 1.165) is 15.7 Å². The normalized spacial score (nSPS) is 10.5. The third-order valence-electron chi connectivity index (χ3n) is 3.02. The number of benzene rings is 2. The second kappa shape index (κ2) is 6.42. The van der Waals surface area contributed by atoms with E-state index in [-0.39, 0.29) is 6.61 Å². The van der Waals surface area contributed by atoms with Gasteiger partial charge in [0.2, 0.25) is 0 Å². The molecule has 2 aromatic rings. The van der Waals surface area contributed by atoms with Crippen molar-refractivity contribution >= 4 is 33.2 Å². The average molecular weight is 341 g/mol. The molecule has 0 heterocycles. The molecule has 4 heteroatoms. The van der Waals surface area contributed by atoms with Gasteiger partial charge in [-0.2, -0.15) is 0 Å². The molecule has 0 fully saturated rings. The average Bonchev–Trinajstić information content (AvgIpc) is 2.38. The van der Waals surface area contributed by atoms with Crippen molar-refractivity contribution in [1.82, 2.24) is 0 Å². The number of halogens is 2. The van der Waals surface area contributed by atoms with Crippen LogP contribution in [0.15, 0.2) is 40.9 Å². The zero-order chi connectivity index (χ0) is 13.8. The zero-order valence-electron chi connectivity index (χ0n) is 10.6. The van der Waals surface area contributed by atoms with Crippen LogP contribution in [0.25, 0.3) is 0 Å². The summed E-state index contributed by atoms with van der Waals surface area (Å²) < 4.78 is 1.08. The van der Waals surface area contributed by atoms with Crippen LogP contribution >= 0.6 is 27.5 Å². The molecule has 0 aliphatic heterocycles. The molecule has 100 valence electrons.